The Bertz CT molecular complexity index is 2960. The van der Waals surface area contributed by atoms with E-state index in [0.29, 0.717) is 41.0 Å². The number of carbonyl (C=O) groups is 4. The van der Waals surface area contributed by atoms with Gasteiger partial charge in [-0.2, -0.15) is 12.7 Å². The predicted molar refractivity (Wildman–Crippen MR) is 243 cm³/mol. The van der Waals surface area contributed by atoms with E-state index in [4.69, 9.17) is 0 Å². The number of carbonyl (C=O) groups excluding carboxylic acids is 4. The molecule has 0 saturated carbocycles. The highest BCUT2D eigenvalue weighted by Gasteiger charge is 2.52. The summed E-state index contributed by atoms with van der Waals surface area (Å²) in [7, 11) is -4.35. The third kappa shape index (κ3) is 7.89. The number of aromatic amines is 1. The van der Waals surface area contributed by atoms with Gasteiger partial charge in [-0.15, -0.1) is 0 Å². The number of nitrogens with one attached hydrogen (secondary N) is 3. The second-order valence-electron chi connectivity index (χ2n) is 19.0. The molecule has 1 spiro atoms. The van der Waals surface area contributed by atoms with E-state index in [1.165, 1.54) is 6.20 Å². The number of piperidine rings is 2. The Morgan fingerprint density at radius 3 is 2.36 bits per heavy atom. The number of fused-ring (bicyclic) bond motifs is 2. The van der Waals surface area contributed by atoms with Gasteiger partial charge in [0.15, 0.2) is 5.82 Å². The zero-order valence-corrected chi connectivity index (χ0v) is 37.3. The number of hydrogen-bond donors (Lipinski definition) is 3. The fourth-order valence-electron chi connectivity index (χ4n) is 11.0. The first kappa shape index (κ1) is 43.3. The van der Waals surface area contributed by atoms with E-state index in [0.717, 1.165) is 97.6 Å². The summed E-state index contributed by atoms with van der Waals surface area (Å²) in [6, 6.07) is 16.9. The van der Waals surface area contributed by atoms with Gasteiger partial charge in [-0.05, 0) is 91.3 Å². The third-order valence-corrected chi connectivity index (χ3v) is 16.0. The number of H-pyrrole nitrogens is 1. The molecule has 3 N–H and O–H groups in total. The van der Waals surface area contributed by atoms with Gasteiger partial charge in [0.05, 0.1) is 11.3 Å². The van der Waals surface area contributed by atoms with Gasteiger partial charge in [0.25, 0.3) is 5.91 Å². The SMILES string of the molecule is O=C1CCC(N2Cc3cc(N4CCC(CN5CC6(C5)CN(c5ccc(-c7cnc8[nH]cc(C(=O)c9c(F)ccc(NS(=O)(=O)N%10CC[C@@H](F)C%10)c9F)c8c7)cc5)C6)CC4)ccc3C2=O)C(=O)N1. The van der Waals surface area contributed by atoms with Crippen LogP contribution in [0.1, 0.15) is 63.9 Å². The molecule has 1 unspecified atom stereocenters. The molecule has 0 radical (unpaired) electrons. The molecule has 5 fully saturated rings. The van der Waals surface area contributed by atoms with Gasteiger partial charge in [-0.25, -0.2) is 18.2 Å². The molecule has 2 aromatic heterocycles. The van der Waals surface area contributed by atoms with Crippen molar-refractivity contribution in [3.63, 3.8) is 0 Å². The van der Waals surface area contributed by atoms with Crippen molar-refractivity contribution in [1.29, 1.82) is 0 Å². The van der Waals surface area contributed by atoms with Crippen LogP contribution in [-0.2, 0) is 26.3 Å². The summed E-state index contributed by atoms with van der Waals surface area (Å²) in [5.41, 5.74) is 4.30. The standard InChI is InChI=1S/C48H48F3N9O6S/c49-32-13-16-59(23-32)67(65,66)55-39-8-7-38(50)42(43(39)51)44(62)37-20-53-45-36(37)18-30(19-52-45)29-1-3-33(4-2-29)58-26-48(27-58)24-56(25-48)21-28-11-14-57(15-12-28)34-5-6-35-31(17-34)22-60(47(35)64)40-9-10-41(61)54-46(40)63/h1-8,17-20,28,32,40,55H,9-16,21-27H2,(H,52,53)(H,54,61,63)/t32-,40?/m1/s1. The topological polar surface area (TPSA) is 171 Å². The van der Waals surface area contributed by atoms with Gasteiger partial charge in [-0.1, -0.05) is 12.1 Å². The van der Waals surface area contributed by atoms with Crippen LogP contribution in [-0.4, -0.2) is 127 Å². The fourth-order valence-corrected chi connectivity index (χ4v) is 12.2. The molecule has 19 heteroatoms. The monoisotopic (exact) mass is 935 g/mol. The number of likely N-dealkylation sites (tertiary alicyclic amines) is 1. The van der Waals surface area contributed by atoms with Crippen LogP contribution >= 0.6 is 0 Å². The van der Waals surface area contributed by atoms with Crippen molar-refractivity contribution in [1.82, 2.24) is 29.4 Å². The average molecular weight is 936 g/mol. The van der Waals surface area contributed by atoms with E-state index in [-0.39, 0.29) is 48.7 Å². The summed E-state index contributed by atoms with van der Waals surface area (Å²) in [4.78, 5) is 67.3. The number of aromatic nitrogens is 2. The molecule has 6 aliphatic rings. The molecule has 11 rings (SSSR count). The molecule has 5 aromatic rings. The second-order valence-corrected chi connectivity index (χ2v) is 20.7. The maximum atomic E-state index is 15.8. The molecule has 6 aliphatic heterocycles. The number of amides is 3. The summed E-state index contributed by atoms with van der Waals surface area (Å²) < 4.78 is 73.1. The molecule has 15 nitrogen and oxygen atoms in total. The number of anilines is 3. The van der Waals surface area contributed by atoms with Gasteiger partial charge >= 0.3 is 10.2 Å². The molecule has 67 heavy (non-hydrogen) atoms. The minimum Gasteiger partial charge on any atom is -0.372 e. The Hall–Kier alpha value is -6.31. The Morgan fingerprint density at radius 1 is 0.866 bits per heavy atom. The first-order valence-corrected chi connectivity index (χ1v) is 24.2. The lowest BCUT2D eigenvalue weighted by atomic mass is 9.72. The van der Waals surface area contributed by atoms with Crippen LogP contribution in [0.2, 0.25) is 0 Å². The first-order valence-electron chi connectivity index (χ1n) is 22.7. The molecule has 8 heterocycles. The van der Waals surface area contributed by atoms with Crippen molar-refractivity contribution >= 4 is 61.8 Å². The second kappa shape index (κ2) is 16.5. The number of alkyl halides is 1. The highest BCUT2D eigenvalue weighted by Crippen LogP contribution is 2.43. The normalized spacial score (nSPS) is 22.3. The van der Waals surface area contributed by atoms with E-state index in [2.05, 4.69) is 48.2 Å². The zero-order valence-electron chi connectivity index (χ0n) is 36.4. The van der Waals surface area contributed by atoms with Crippen molar-refractivity contribution in [2.75, 3.05) is 73.4 Å². The van der Waals surface area contributed by atoms with Gasteiger partial charge < -0.3 is 24.6 Å². The summed E-state index contributed by atoms with van der Waals surface area (Å²) >= 11 is 0. The van der Waals surface area contributed by atoms with Crippen molar-refractivity contribution in [2.24, 2.45) is 11.3 Å². The molecule has 3 aromatic carbocycles. The van der Waals surface area contributed by atoms with E-state index >= 15 is 8.78 Å². The van der Waals surface area contributed by atoms with Crippen LogP contribution in [0.3, 0.4) is 0 Å². The minimum absolute atomic E-state index is 0.00527. The number of pyridine rings is 1. The predicted octanol–water partition coefficient (Wildman–Crippen LogP) is 5.24. The van der Waals surface area contributed by atoms with Gasteiger partial charge in [-0.3, -0.25) is 29.2 Å². The molecular weight excluding hydrogens is 888 g/mol. The van der Waals surface area contributed by atoms with Crippen molar-refractivity contribution in [3.05, 3.63) is 107 Å². The maximum Gasteiger partial charge on any atom is 0.301 e. The quantitative estimate of drug-likeness (QED) is 0.118. The van der Waals surface area contributed by atoms with Crippen LogP contribution < -0.4 is 19.8 Å². The number of benzene rings is 3. The molecule has 0 aliphatic carbocycles. The van der Waals surface area contributed by atoms with E-state index in [1.54, 1.807) is 17.2 Å². The van der Waals surface area contributed by atoms with Crippen LogP contribution in [0, 0.1) is 23.0 Å². The highest BCUT2D eigenvalue weighted by molar-refractivity contribution is 7.90. The molecule has 2 atom stereocenters. The highest BCUT2D eigenvalue weighted by atomic mass is 32.2. The van der Waals surface area contributed by atoms with Gasteiger partial charge in [0.1, 0.15) is 23.7 Å². The minimum atomic E-state index is -4.35. The summed E-state index contributed by atoms with van der Waals surface area (Å²) in [6.45, 7) is 6.94. The summed E-state index contributed by atoms with van der Waals surface area (Å²) in [5, 5.41) is 2.70. The van der Waals surface area contributed by atoms with Crippen LogP contribution in [0.25, 0.3) is 22.2 Å². The van der Waals surface area contributed by atoms with Crippen LogP contribution in [0.5, 0.6) is 0 Å². The zero-order chi connectivity index (χ0) is 46.4. The molecule has 5 saturated heterocycles. The fraction of sp³-hybridized carbons (Fsp3) is 0.396. The molecule has 3 amide bonds. The van der Waals surface area contributed by atoms with Crippen molar-refractivity contribution in [2.45, 2.75) is 50.9 Å². The smallest absolute Gasteiger partial charge is 0.301 e. The van der Waals surface area contributed by atoms with E-state index in [9.17, 15) is 32.0 Å². The lowest BCUT2D eigenvalue weighted by Gasteiger charge is -2.61. The Labute approximate surface area is 384 Å². The third-order valence-electron chi connectivity index (χ3n) is 14.5. The number of imide groups is 1. The van der Waals surface area contributed by atoms with Crippen LogP contribution in [0.4, 0.5) is 30.2 Å². The number of halogens is 3. The Kier molecular flexibility index (Phi) is 10.6. The van der Waals surface area contributed by atoms with E-state index in [1.807, 2.05) is 29.0 Å². The Balaban J connectivity index is 0.671. The number of hydrogen-bond acceptors (Lipinski definition) is 10. The summed E-state index contributed by atoms with van der Waals surface area (Å²) in [6.07, 6.45) is 4.39. The number of nitrogens with zero attached hydrogens (tertiary/aromatic N) is 6. The van der Waals surface area contributed by atoms with Crippen molar-refractivity contribution < 1.29 is 40.8 Å². The van der Waals surface area contributed by atoms with Crippen molar-refractivity contribution in [3.8, 4) is 11.1 Å². The van der Waals surface area contributed by atoms with Gasteiger partial charge in [0.2, 0.25) is 17.6 Å². The molecule has 348 valence electrons. The number of ketones is 1. The number of rotatable bonds is 11. The largest absolute Gasteiger partial charge is 0.372 e. The first-order chi connectivity index (χ1) is 32.2. The molecular formula is C48H48F3N9O6S. The van der Waals surface area contributed by atoms with E-state index < -0.39 is 57.0 Å². The van der Waals surface area contributed by atoms with Gasteiger partial charge in [0, 0.05) is 123 Å². The lowest BCUT2D eigenvalue weighted by molar-refractivity contribution is -0.136. The average Bonchev–Trinajstić information content (AvgIpc) is 4.02. The van der Waals surface area contributed by atoms with Crippen LogP contribution in [0.15, 0.2) is 73.1 Å². The Morgan fingerprint density at radius 2 is 1.63 bits per heavy atom. The molecule has 0 bridgehead atoms. The summed E-state index contributed by atoms with van der Waals surface area (Å²) in [5.74, 6) is -3.78. The lowest BCUT2D eigenvalue weighted by Crippen LogP contribution is -2.72. The maximum absolute atomic E-state index is 15.8.